The minimum absolute atomic E-state index is 0.0328. The van der Waals surface area contributed by atoms with Crippen LogP contribution in [0.1, 0.15) is 59.4 Å². The number of esters is 1. The van der Waals surface area contributed by atoms with Crippen LogP contribution in [-0.4, -0.2) is 35.5 Å². The van der Waals surface area contributed by atoms with Crippen molar-refractivity contribution >= 4 is 52.9 Å². The van der Waals surface area contributed by atoms with Crippen molar-refractivity contribution in [2.75, 3.05) is 17.2 Å². The highest BCUT2D eigenvalue weighted by atomic mass is 32.2. The van der Waals surface area contributed by atoms with E-state index in [-0.39, 0.29) is 11.6 Å². The van der Waals surface area contributed by atoms with E-state index in [1.54, 1.807) is 72.8 Å². The fraction of sp³-hybridized carbons (Fsp3) is 0.189. The maximum atomic E-state index is 13.5. The van der Waals surface area contributed by atoms with Gasteiger partial charge in [-0.1, -0.05) is 56.7 Å². The molecular formula is C37H36FN3O5S. The van der Waals surface area contributed by atoms with Gasteiger partial charge in [0.15, 0.2) is 0 Å². The quantitative estimate of drug-likeness (QED) is 0.0556. The van der Waals surface area contributed by atoms with Crippen LogP contribution in [0.25, 0.3) is 6.08 Å². The van der Waals surface area contributed by atoms with Gasteiger partial charge in [0.2, 0.25) is 5.91 Å². The topological polar surface area (TPSA) is 114 Å². The molecule has 10 heteroatoms. The largest absolute Gasteiger partial charge is 0.462 e. The Morgan fingerprint density at radius 3 is 2.21 bits per heavy atom. The van der Waals surface area contributed by atoms with E-state index < -0.39 is 28.9 Å². The minimum atomic E-state index is -0.580. The lowest BCUT2D eigenvalue weighted by Gasteiger charge is -2.16. The first-order chi connectivity index (χ1) is 22.7. The van der Waals surface area contributed by atoms with E-state index >= 15 is 0 Å². The van der Waals surface area contributed by atoms with E-state index in [2.05, 4.69) is 16.0 Å². The fourth-order valence-corrected chi connectivity index (χ4v) is 5.32. The van der Waals surface area contributed by atoms with E-state index in [0.29, 0.717) is 41.1 Å². The predicted molar refractivity (Wildman–Crippen MR) is 184 cm³/mol. The SMILES string of the molecule is CCCCOC(=O)c1ccc(NC(=O)C(CC)Sc2cccc(NC(=O)/C(=C/c3ccc(F)cc3)NC(=O)c3ccccc3)c2)cc1. The number of carbonyl (C=O) groups excluding carboxylic acids is 4. The van der Waals surface area contributed by atoms with Crippen molar-refractivity contribution in [3.05, 3.63) is 131 Å². The number of nitrogens with one attached hydrogen (secondary N) is 3. The molecule has 242 valence electrons. The van der Waals surface area contributed by atoms with E-state index in [9.17, 15) is 23.6 Å². The Bertz CT molecular complexity index is 1710. The number of hydrogen-bond acceptors (Lipinski definition) is 6. The molecule has 8 nitrogen and oxygen atoms in total. The third-order valence-electron chi connectivity index (χ3n) is 6.86. The zero-order chi connectivity index (χ0) is 33.6. The second-order valence-electron chi connectivity index (χ2n) is 10.5. The summed E-state index contributed by atoms with van der Waals surface area (Å²) in [4.78, 5) is 52.4. The lowest BCUT2D eigenvalue weighted by molar-refractivity contribution is -0.116. The normalized spacial score (nSPS) is 11.7. The molecule has 0 bridgehead atoms. The Labute approximate surface area is 277 Å². The second kappa shape index (κ2) is 17.5. The fourth-order valence-electron chi connectivity index (χ4n) is 4.31. The van der Waals surface area contributed by atoms with E-state index in [4.69, 9.17) is 4.74 Å². The van der Waals surface area contributed by atoms with Crippen LogP contribution in [0.5, 0.6) is 0 Å². The first-order valence-electron chi connectivity index (χ1n) is 15.3. The number of rotatable bonds is 14. The Morgan fingerprint density at radius 2 is 1.53 bits per heavy atom. The molecule has 0 saturated heterocycles. The van der Waals surface area contributed by atoms with Gasteiger partial charge in [0, 0.05) is 21.8 Å². The van der Waals surface area contributed by atoms with E-state index in [1.165, 1.54) is 42.1 Å². The molecule has 1 unspecified atom stereocenters. The van der Waals surface area contributed by atoms with Gasteiger partial charge in [-0.15, -0.1) is 11.8 Å². The van der Waals surface area contributed by atoms with Crippen LogP contribution >= 0.6 is 11.8 Å². The van der Waals surface area contributed by atoms with Gasteiger partial charge in [0.1, 0.15) is 11.5 Å². The predicted octanol–water partition coefficient (Wildman–Crippen LogP) is 7.70. The highest BCUT2D eigenvalue weighted by Gasteiger charge is 2.20. The van der Waals surface area contributed by atoms with Gasteiger partial charge in [-0.25, -0.2) is 9.18 Å². The van der Waals surface area contributed by atoms with Gasteiger partial charge in [-0.05, 0) is 91.2 Å². The second-order valence-corrected chi connectivity index (χ2v) is 11.8. The van der Waals surface area contributed by atoms with Gasteiger partial charge in [0.25, 0.3) is 11.8 Å². The van der Waals surface area contributed by atoms with Crippen molar-refractivity contribution in [2.24, 2.45) is 0 Å². The van der Waals surface area contributed by atoms with E-state index in [1.807, 2.05) is 19.9 Å². The lowest BCUT2D eigenvalue weighted by Crippen LogP contribution is -2.30. The van der Waals surface area contributed by atoms with Gasteiger partial charge < -0.3 is 20.7 Å². The highest BCUT2D eigenvalue weighted by Crippen LogP contribution is 2.29. The average Bonchev–Trinajstić information content (AvgIpc) is 3.08. The summed E-state index contributed by atoms with van der Waals surface area (Å²) in [5.41, 5.74) is 2.28. The molecule has 3 amide bonds. The van der Waals surface area contributed by atoms with Crippen LogP contribution in [0, 0.1) is 5.82 Å². The van der Waals surface area contributed by atoms with Crippen molar-refractivity contribution < 1.29 is 28.3 Å². The van der Waals surface area contributed by atoms with Crippen LogP contribution in [-0.2, 0) is 14.3 Å². The molecule has 3 N–H and O–H groups in total. The number of benzene rings is 4. The number of unbranched alkanes of at least 4 members (excludes halogenated alkanes) is 1. The van der Waals surface area contributed by atoms with Crippen LogP contribution in [0.3, 0.4) is 0 Å². The molecule has 47 heavy (non-hydrogen) atoms. The maximum Gasteiger partial charge on any atom is 0.338 e. The van der Waals surface area contributed by atoms with E-state index in [0.717, 1.165) is 17.7 Å². The number of carbonyl (C=O) groups is 4. The Morgan fingerprint density at radius 1 is 0.809 bits per heavy atom. The first-order valence-corrected chi connectivity index (χ1v) is 16.1. The summed E-state index contributed by atoms with van der Waals surface area (Å²) in [6.45, 7) is 4.29. The molecule has 0 radical (unpaired) electrons. The summed E-state index contributed by atoms with van der Waals surface area (Å²) < 4.78 is 18.7. The van der Waals surface area contributed by atoms with Crippen LogP contribution in [0.4, 0.5) is 15.8 Å². The average molecular weight is 654 g/mol. The molecule has 4 aromatic carbocycles. The number of hydrogen-bond donors (Lipinski definition) is 3. The van der Waals surface area contributed by atoms with Crippen molar-refractivity contribution in [1.82, 2.24) is 5.32 Å². The number of halogens is 1. The van der Waals surface area contributed by atoms with Gasteiger partial charge >= 0.3 is 5.97 Å². The number of amides is 3. The third-order valence-corrected chi connectivity index (χ3v) is 8.22. The molecule has 0 aliphatic heterocycles. The summed E-state index contributed by atoms with van der Waals surface area (Å²) in [5.74, 6) is -2.09. The molecule has 0 aliphatic rings. The summed E-state index contributed by atoms with van der Waals surface area (Å²) in [6, 6.07) is 27.6. The van der Waals surface area contributed by atoms with Crippen molar-refractivity contribution in [2.45, 2.75) is 43.3 Å². The number of anilines is 2. The summed E-state index contributed by atoms with van der Waals surface area (Å²) in [7, 11) is 0. The van der Waals surface area contributed by atoms with Gasteiger partial charge in [-0.2, -0.15) is 0 Å². The highest BCUT2D eigenvalue weighted by molar-refractivity contribution is 8.00. The monoisotopic (exact) mass is 653 g/mol. The zero-order valence-corrected chi connectivity index (χ0v) is 26.9. The molecule has 1 atom stereocenters. The lowest BCUT2D eigenvalue weighted by atomic mass is 10.1. The molecule has 4 rings (SSSR count). The minimum Gasteiger partial charge on any atom is -0.462 e. The molecule has 0 saturated carbocycles. The molecule has 0 heterocycles. The van der Waals surface area contributed by atoms with Gasteiger partial charge in [-0.3, -0.25) is 14.4 Å². The standard InChI is InChI=1S/C37H36FN3O5S/c1-3-5-22-46-37(45)27-16-20-29(21-17-27)39-36(44)33(4-2)47-31-13-9-12-30(24-31)40-35(43)32(23-25-14-18-28(38)19-15-25)41-34(42)26-10-7-6-8-11-26/h6-21,23-24,33H,3-5,22H2,1-2H3,(H,39,44)(H,40,43)(H,41,42)/b32-23-. The first kappa shape index (κ1) is 34.6. The van der Waals surface area contributed by atoms with Crippen LogP contribution in [0.15, 0.2) is 114 Å². The summed E-state index contributed by atoms with van der Waals surface area (Å²) >= 11 is 1.34. The molecule has 0 aliphatic carbocycles. The van der Waals surface area contributed by atoms with Crippen molar-refractivity contribution in [3.8, 4) is 0 Å². The van der Waals surface area contributed by atoms with Crippen LogP contribution < -0.4 is 16.0 Å². The summed E-state index contributed by atoms with van der Waals surface area (Å²) in [5, 5.41) is 7.93. The Balaban J connectivity index is 1.42. The molecule has 0 spiro atoms. The third kappa shape index (κ3) is 10.7. The molecular weight excluding hydrogens is 617 g/mol. The number of ether oxygens (including phenoxy) is 1. The molecule has 4 aromatic rings. The van der Waals surface area contributed by atoms with Crippen molar-refractivity contribution in [1.29, 1.82) is 0 Å². The number of thioether (sulfide) groups is 1. The van der Waals surface area contributed by atoms with Gasteiger partial charge in [0.05, 0.1) is 17.4 Å². The smallest absolute Gasteiger partial charge is 0.338 e. The van der Waals surface area contributed by atoms with Crippen molar-refractivity contribution in [3.63, 3.8) is 0 Å². The Hall–Kier alpha value is -5.22. The maximum absolute atomic E-state index is 13.5. The molecule has 0 aromatic heterocycles. The molecule has 0 fully saturated rings. The Kier molecular flexibility index (Phi) is 12.9. The summed E-state index contributed by atoms with van der Waals surface area (Å²) in [6.07, 6.45) is 3.73. The zero-order valence-electron chi connectivity index (χ0n) is 26.1. The van der Waals surface area contributed by atoms with Crippen LogP contribution in [0.2, 0.25) is 0 Å².